The molecule has 4 aromatic rings. The second-order valence-corrected chi connectivity index (χ2v) is 17.4. The van der Waals surface area contributed by atoms with Gasteiger partial charge in [-0.05, 0) is 68.4 Å². The lowest BCUT2D eigenvalue weighted by molar-refractivity contribution is -0.126. The van der Waals surface area contributed by atoms with Crippen LogP contribution in [-0.2, 0) is 29.5 Å². The lowest BCUT2D eigenvalue weighted by Gasteiger charge is -2.37. The summed E-state index contributed by atoms with van der Waals surface area (Å²) < 4.78 is 67.0. The number of nitrogens with zero attached hydrogens (tertiary/aromatic N) is 8. The van der Waals surface area contributed by atoms with E-state index in [2.05, 4.69) is 56.3 Å². The number of fused-ring (bicyclic) bond motifs is 3. The molecule has 0 N–H and O–H groups in total. The van der Waals surface area contributed by atoms with Gasteiger partial charge in [0.1, 0.15) is 28.2 Å². The van der Waals surface area contributed by atoms with Crippen molar-refractivity contribution in [3.05, 3.63) is 51.8 Å². The third-order valence-corrected chi connectivity index (χ3v) is 13.2. The molecular formula is C35H43F3N8O2S2. The largest absolute Gasteiger partial charge is 0.393 e. The Balaban J connectivity index is 1.03. The summed E-state index contributed by atoms with van der Waals surface area (Å²) in [6, 6.07) is 10.5. The molecule has 0 spiro atoms. The van der Waals surface area contributed by atoms with Gasteiger partial charge in [0.25, 0.3) is 0 Å². The Morgan fingerprint density at radius 3 is 2.46 bits per heavy atom. The molecule has 3 atom stereocenters. The van der Waals surface area contributed by atoms with Crippen molar-refractivity contribution in [3.8, 4) is 6.07 Å². The van der Waals surface area contributed by atoms with Crippen LogP contribution in [0.4, 0.5) is 19.0 Å². The van der Waals surface area contributed by atoms with E-state index < -0.39 is 22.6 Å². The number of aromatic nitrogens is 3. The number of benzene rings is 1. The van der Waals surface area contributed by atoms with E-state index in [1.165, 1.54) is 21.7 Å². The summed E-state index contributed by atoms with van der Waals surface area (Å²) in [6.45, 7) is 13.4. The Morgan fingerprint density at radius 2 is 1.76 bits per heavy atom. The molecule has 6 heterocycles. The molecule has 1 aromatic carbocycles. The summed E-state index contributed by atoms with van der Waals surface area (Å²) in [5.41, 5.74) is 4.07. The topological polar surface area (TPSA) is 102 Å². The van der Waals surface area contributed by atoms with Crippen molar-refractivity contribution < 1.29 is 21.6 Å². The molecule has 0 bridgehead atoms. The number of likely N-dealkylation sites (tertiary alicyclic amines) is 1. The molecule has 50 heavy (non-hydrogen) atoms. The van der Waals surface area contributed by atoms with Crippen LogP contribution < -0.4 is 4.90 Å². The van der Waals surface area contributed by atoms with Crippen LogP contribution in [0.1, 0.15) is 40.9 Å². The van der Waals surface area contributed by atoms with Crippen LogP contribution in [0.3, 0.4) is 0 Å². The highest BCUT2D eigenvalue weighted by atomic mass is 32.2. The van der Waals surface area contributed by atoms with Gasteiger partial charge < -0.3 is 9.47 Å². The van der Waals surface area contributed by atoms with Crippen molar-refractivity contribution in [1.29, 1.82) is 5.26 Å². The van der Waals surface area contributed by atoms with Gasteiger partial charge in [0.2, 0.25) is 10.0 Å². The number of nitriles is 1. The maximum absolute atomic E-state index is 13.2. The second-order valence-electron chi connectivity index (χ2n) is 14.3. The summed E-state index contributed by atoms with van der Waals surface area (Å²) in [5.74, 6) is 2.30. The van der Waals surface area contributed by atoms with E-state index in [-0.39, 0.29) is 10.9 Å². The number of hydrogen-bond donors (Lipinski definition) is 0. The zero-order valence-electron chi connectivity index (χ0n) is 28.9. The molecule has 3 aliphatic heterocycles. The Bertz CT molecular complexity index is 2060. The van der Waals surface area contributed by atoms with Gasteiger partial charge in [-0.3, -0.25) is 9.80 Å². The first-order chi connectivity index (χ1) is 23.7. The number of thiophene rings is 1. The minimum atomic E-state index is -4.26. The fraction of sp³-hybridized carbons (Fsp3) is 0.571. The Kier molecular flexibility index (Phi) is 9.38. The Morgan fingerprint density at radius 1 is 1.02 bits per heavy atom. The van der Waals surface area contributed by atoms with Crippen molar-refractivity contribution in [2.75, 3.05) is 63.5 Å². The van der Waals surface area contributed by atoms with E-state index in [9.17, 15) is 26.9 Å². The van der Waals surface area contributed by atoms with Gasteiger partial charge >= 0.3 is 6.18 Å². The lowest BCUT2D eigenvalue weighted by Crippen LogP contribution is -2.51. The van der Waals surface area contributed by atoms with Gasteiger partial charge in [0, 0.05) is 87.3 Å². The monoisotopic (exact) mass is 728 g/mol. The molecule has 0 radical (unpaired) electrons. The first-order valence-electron chi connectivity index (χ1n) is 17.2. The first-order valence-corrected chi connectivity index (χ1v) is 19.9. The molecule has 7 rings (SSSR count). The molecule has 15 heteroatoms. The van der Waals surface area contributed by atoms with Crippen LogP contribution in [0, 0.1) is 37.0 Å². The molecule has 10 nitrogen and oxygen atoms in total. The predicted molar refractivity (Wildman–Crippen MR) is 190 cm³/mol. The molecule has 3 fully saturated rings. The van der Waals surface area contributed by atoms with Crippen LogP contribution in [0.25, 0.3) is 21.1 Å². The van der Waals surface area contributed by atoms with E-state index in [4.69, 9.17) is 4.98 Å². The van der Waals surface area contributed by atoms with E-state index in [1.54, 1.807) is 13.0 Å². The minimum absolute atomic E-state index is 0.135. The summed E-state index contributed by atoms with van der Waals surface area (Å²) in [5, 5.41) is 11.9. The summed E-state index contributed by atoms with van der Waals surface area (Å²) >= 11 is 1.11. The quantitative estimate of drug-likeness (QED) is 0.245. The molecule has 0 saturated carbocycles. The highest BCUT2D eigenvalue weighted by molar-refractivity contribution is 7.88. The zero-order valence-corrected chi connectivity index (χ0v) is 30.5. The fourth-order valence-corrected chi connectivity index (χ4v) is 10.2. The van der Waals surface area contributed by atoms with Gasteiger partial charge in [-0.2, -0.15) is 22.7 Å². The molecule has 3 aromatic heterocycles. The zero-order chi connectivity index (χ0) is 35.5. The maximum atomic E-state index is 13.2. The number of piperidine rings is 1. The Hall–Kier alpha value is -3.29. The number of alkyl halides is 3. The standard InChI is InChI=1S/C35H43F3N8O2S2/c1-22(43-9-11-45(12-10-43)50(4,47)48)17-46-28(16-39)13-30-23(2)25(5-6-32(30)46)18-42-19-26-7-8-44(21-27(26)20-42)33-31-14-29(15-35(36,37)38)49-34(31)41-24(3)40-33/h5-6,13-14,22,26-27H,7-12,15,17-21H2,1-4H3/t22-,26?,27?/m0/s1. The van der Waals surface area contributed by atoms with Crippen LogP contribution >= 0.6 is 11.3 Å². The van der Waals surface area contributed by atoms with E-state index >= 15 is 0 Å². The molecule has 0 aliphatic carbocycles. The molecule has 0 amide bonds. The van der Waals surface area contributed by atoms with E-state index in [0.29, 0.717) is 66.3 Å². The number of aryl methyl sites for hydroxylation is 2. The predicted octanol–water partition coefficient (Wildman–Crippen LogP) is 5.16. The second kappa shape index (κ2) is 13.4. The van der Waals surface area contributed by atoms with Gasteiger partial charge in [0.15, 0.2) is 0 Å². The SMILES string of the molecule is Cc1nc(N2CCC3CN(Cc4ccc5c(cc(C#N)n5C[C@H](C)N5CCN(S(C)(=O)=O)CC5)c4C)CC3C2)c2cc(CC(F)(F)F)sc2n1. The average Bonchev–Trinajstić information content (AvgIpc) is 3.75. The molecule has 268 valence electrons. The normalized spacial score (nSPS) is 22.0. The van der Waals surface area contributed by atoms with Crippen LogP contribution in [0.15, 0.2) is 24.3 Å². The minimum Gasteiger partial charge on any atom is -0.356 e. The fourth-order valence-electron chi connectivity index (χ4n) is 8.25. The number of piperazine rings is 1. The van der Waals surface area contributed by atoms with Gasteiger partial charge in [-0.25, -0.2) is 18.4 Å². The molecule has 3 aliphatic rings. The van der Waals surface area contributed by atoms with Gasteiger partial charge in [-0.1, -0.05) is 6.07 Å². The highest BCUT2D eigenvalue weighted by Crippen LogP contribution is 2.39. The van der Waals surface area contributed by atoms with Crippen LogP contribution in [-0.4, -0.2) is 108 Å². The van der Waals surface area contributed by atoms with Crippen LogP contribution in [0.2, 0.25) is 0 Å². The van der Waals surface area contributed by atoms with E-state index in [0.717, 1.165) is 67.2 Å². The maximum Gasteiger partial charge on any atom is 0.393 e. The molecular weight excluding hydrogens is 686 g/mol. The number of hydrogen-bond acceptors (Lipinski definition) is 9. The molecule has 3 saturated heterocycles. The number of anilines is 1. The number of halogens is 3. The summed E-state index contributed by atoms with van der Waals surface area (Å²) in [6.07, 6.45) is -2.96. The summed E-state index contributed by atoms with van der Waals surface area (Å²) in [4.78, 5) is 17.1. The van der Waals surface area contributed by atoms with Crippen molar-refractivity contribution in [3.63, 3.8) is 0 Å². The van der Waals surface area contributed by atoms with Crippen LogP contribution in [0.5, 0.6) is 0 Å². The summed E-state index contributed by atoms with van der Waals surface area (Å²) in [7, 11) is -3.20. The smallest absolute Gasteiger partial charge is 0.356 e. The number of sulfonamides is 1. The Labute approximate surface area is 295 Å². The van der Waals surface area contributed by atoms with Crippen molar-refractivity contribution in [2.24, 2.45) is 11.8 Å². The first kappa shape index (κ1) is 35.1. The van der Waals surface area contributed by atoms with Gasteiger partial charge in [-0.15, -0.1) is 11.3 Å². The molecule has 2 unspecified atom stereocenters. The highest BCUT2D eigenvalue weighted by Gasteiger charge is 2.38. The third-order valence-electron chi connectivity index (χ3n) is 10.9. The van der Waals surface area contributed by atoms with Gasteiger partial charge in [0.05, 0.1) is 18.1 Å². The van der Waals surface area contributed by atoms with E-state index in [1.807, 2.05) is 6.07 Å². The van der Waals surface area contributed by atoms with Crippen molar-refractivity contribution in [1.82, 2.24) is 28.6 Å². The van der Waals surface area contributed by atoms with Crippen molar-refractivity contribution >= 4 is 48.3 Å². The average molecular weight is 729 g/mol. The lowest BCUT2D eigenvalue weighted by atomic mass is 9.88. The number of rotatable bonds is 8. The van der Waals surface area contributed by atoms with Crippen molar-refractivity contribution in [2.45, 2.75) is 58.9 Å². The third kappa shape index (κ3) is 7.10.